The van der Waals surface area contributed by atoms with E-state index in [2.05, 4.69) is 15.5 Å². The van der Waals surface area contributed by atoms with Crippen molar-refractivity contribution < 1.29 is 10.0 Å². The molecule has 1 aromatic carbocycles. The number of rotatable bonds is 9. The summed E-state index contributed by atoms with van der Waals surface area (Å²) in [6, 6.07) is 15.0. The molecule has 0 bridgehead atoms. The minimum atomic E-state index is 0.0484. The third kappa shape index (κ3) is 6.20. The lowest BCUT2D eigenvalue weighted by molar-refractivity contribution is -0.116. The van der Waals surface area contributed by atoms with Crippen LogP contribution in [0.5, 0.6) is 0 Å². The Morgan fingerprint density at radius 3 is 2.33 bits per heavy atom. The molecule has 0 fully saturated rings. The molecule has 1 amide bonds. The van der Waals surface area contributed by atoms with Gasteiger partial charge in [-0.25, -0.2) is 0 Å². The number of pyridine rings is 1. The van der Waals surface area contributed by atoms with Crippen molar-refractivity contribution >= 4 is 17.3 Å². The van der Waals surface area contributed by atoms with Gasteiger partial charge in [-0.15, -0.1) is 0 Å². The summed E-state index contributed by atoms with van der Waals surface area (Å²) < 4.78 is 0. The summed E-state index contributed by atoms with van der Waals surface area (Å²) in [6.07, 6.45) is 6.63. The number of carbonyl (C=O) groups excluding carboxylic acids is 1. The molecule has 0 aliphatic carbocycles. The quantitative estimate of drug-likeness (QED) is 0.313. The van der Waals surface area contributed by atoms with Gasteiger partial charge in [-0.2, -0.15) is 0 Å². The molecule has 5 heteroatoms. The van der Waals surface area contributed by atoms with Gasteiger partial charge in [-0.3, -0.25) is 9.78 Å². The van der Waals surface area contributed by atoms with Crippen molar-refractivity contribution in [1.82, 2.24) is 4.98 Å². The number of anilines is 1. The van der Waals surface area contributed by atoms with Crippen molar-refractivity contribution in [3.8, 4) is 0 Å². The molecule has 5 nitrogen and oxygen atoms in total. The first-order chi connectivity index (χ1) is 11.8. The number of hydrogen-bond donors (Lipinski definition) is 2. The van der Waals surface area contributed by atoms with Gasteiger partial charge in [-0.05, 0) is 43.5 Å². The lowest BCUT2D eigenvalue weighted by Crippen LogP contribution is -2.10. The standard InChI is InChI=1S/C19H23N3O2/c23-19(21-16-10-4-3-5-11-16)14-7-2-1-6-13-18(22-24)17-12-8-9-15-20-17/h3-5,8-12,15,24H,1-2,6-7,13-14H2,(H,21,23)/b22-18-. The Morgan fingerprint density at radius 1 is 0.958 bits per heavy atom. The maximum absolute atomic E-state index is 11.8. The Morgan fingerprint density at radius 2 is 1.67 bits per heavy atom. The number of nitrogens with one attached hydrogen (secondary N) is 1. The van der Waals surface area contributed by atoms with Crippen LogP contribution < -0.4 is 5.32 Å². The molecule has 0 saturated carbocycles. The van der Waals surface area contributed by atoms with Crippen LogP contribution in [0.2, 0.25) is 0 Å². The molecule has 1 heterocycles. The summed E-state index contributed by atoms with van der Waals surface area (Å²) in [7, 11) is 0. The van der Waals surface area contributed by atoms with Gasteiger partial charge in [0.15, 0.2) is 0 Å². The number of hydrogen-bond acceptors (Lipinski definition) is 4. The van der Waals surface area contributed by atoms with Gasteiger partial charge in [-0.1, -0.05) is 42.3 Å². The van der Waals surface area contributed by atoms with E-state index in [1.807, 2.05) is 48.5 Å². The van der Waals surface area contributed by atoms with Gasteiger partial charge in [0.05, 0.1) is 5.69 Å². The average Bonchev–Trinajstić information content (AvgIpc) is 2.63. The van der Waals surface area contributed by atoms with Gasteiger partial charge in [0.25, 0.3) is 0 Å². The van der Waals surface area contributed by atoms with Gasteiger partial charge in [0.1, 0.15) is 5.71 Å². The third-order valence-corrected chi connectivity index (χ3v) is 3.71. The molecule has 24 heavy (non-hydrogen) atoms. The monoisotopic (exact) mass is 325 g/mol. The third-order valence-electron chi connectivity index (χ3n) is 3.71. The van der Waals surface area contributed by atoms with Gasteiger partial charge >= 0.3 is 0 Å². The van der Waals surface area contributed by atoms with E-state index in [9.17, 15) is 4.79 Å². The van der Waals surface area contributed by atoms with E-state index in [1.165, 1.54) is 0 Å². The molecule has 0 saturated heterocycles. The highest BCUT2D eigenvalue weighted by Crippen LogP contribution is 2.11. The zero-order chi connectivity index (χ0) is 17.0. The number of oxime groups is 1. The molecule has 0 unspecified atom stereocenters. The van der Waals surface area contributed by atoms with Crippen LogP contribution in [0.3, 0.4) is 0 Å². The number of unbranched alkanes of at least 4 members (excludes halogenated alkanes) is 3. The summed E-state index contributed by atoms with van der Waals surface area (Å²) in [6.45, 7) is 0. The highest BCUT2D eigenvalue weighted by molar-refractivity contribution is 5.98. The van der Waals surface area contributed by atoms with Crippen molar-refractivity contribution in [2.45, 2.75) is 38.5 Å². The first kappa shape index (κ1) is 17.7. The van der Waals surface area contributed by atoms with E-state index < -0.39 is 0 Å². The topological polar surface area (TPSA) is 74.6 Å². The number of carbonyl (C=O) groups is 1. The minimum Gasteiger partial charge on any atom is -0.411 e. The maximum atomic E-state index is 11.8. The molecule has 0 radical (unpaired) electrons. The number of aromatic nitrogens is 1. The molecule has 2 N–H and O–H groups in total. The Balaban J connectivity index is 1.59. The Kier molecular flexibility index (Phi) is 7.47. The van der Waals surface area contributed by atoms with E-state index in [-0.39, 0.29) is 5.91 Å². The zero-order valence-electron chi connectivity index (χ0n) is 13.7. The van der Waals surface area contributed by atoms with E-state index in [0.29, 0.717) is 24.2 Å². The highest BCUT2D eigenvalue weighted by Gasteiger charge is 2.06. The van der Waals surface area contributed by atoms with E-state index in [0.717, 1.165) is 31.4 Å². The van der Waals surface area contributed by atoms with Gasteiger partial charge in [0, 0.05) is 18.3 Å². The normalized spacial score (nSPS) is 11.2. The van der Waals surface area contributed by atoms with E-state index in [4.69, 9.17) is 5.21 Å². The second-order valence-corrected chi connectivity index (χ2v) is 5.59. The van der Waals surface area contributed by atoms with Crippen LogP contribution in [-0.2, 0) is 4.79 Å². The highest BCUT2D eigenvalue weighted by atomic mass is 16.4. The van der Waals surface area contributed by atoms with Crippen molar-refractivity contribution in [2.24, 2.45) is 5.16 Å². The van der Waals surface area contributed by atoms with Gasteiger partial charge in [0.2, 0.25) is 5.91 Å². The van der Waals surface area contributed by atoms with Crippen LogP contribution in [0.25, 0.3) is 0 Å². The van der Waals surface area contributed by atoms with Crippen LogP contribution in [0.4, 0.5) is 5.69 Å². The predicted molar refractivity (Wildman–Crippen MR) is 95.3 cm³/mol. The molecule has 0 spiro atoms. The predicted octanol–water partition coefficient (Wildman–Crippen LogP) is 4.24. The maximum Gasteiger partial charge on any atom is 0.224 e. The SMILES string of the molecule is O=C(CCCCCC/C(=N/O)c1ccccn1)Nc1ccccc1. The molecule has 0 atom stereocenters. The Labute approximate surface area is 142 Å². The summed E-state index contributed by atoms with van der Waals surface area (Å²) in [5.74, 6) is 0.0484. The molecule has 2 aromatic rings. The first-order valence-electron chi connectivity index (χ1n) is 8.27. The fourth-order valence-corrected chi connectivity index (χ4v) is 2.44. The summed E-state index contributed by atoms with van der Waals surface area (Å²) >= 11 is 0. The Hall–Kier alpha value is -2.69. The molecule has 0 aliphatic rings. The second kappa shape index (κ2) is 10.2. The fourth-order valence-electron chi connectivity index (χ4n) is 2.44. The zero-order valence-corrected chi connectivity index (χ0v) is 13.7. The first-order valence-corrected chi connectivity index (χ1v) is 8.27. The summed E-state index contributed by atoms with van der Waals surface area (Å²) in [5.41, 5.74) is 2.15. The van der Waals surface area contributed by atoms with Crippen LogP contribution in [0.1, 0.15) is 44.2 Å². The van der Waals surface area contributed by atoms with Crippen LogP contribution in [-0.4, -0.2) is 21.8 Å². The fraction of sp³-hybridized carbons (Fsp3) is 0.316. The number of nitrogens with zero attached hydrogens (tertiary/aromatic N) is 2. The van der Waals surface area contributed by atoms with Crippen LogP contribution >= 0.6 is 0 Å². The van der Waals surface area contributed by atoms with Crippen LogP contribution in [0.15, 0.2) is 59.9 Å². The smallest absolute Gasteiger partial charge is 0.224 e. The lowest BCUT2D eigenvalue weighted by Gasteiger charge is -2.05. The molecule has 2 rings (SSSR count). The van der Waals surface area contributed by atoms with Gasteiger partial charge < -0.3 is 10.5 Å². The second-order valence-electron chi connectivity index (χ2n) is 5.59. The van der Waals surface area contributed by atoms with Crippen LogP contribution in [0, 0.1) is 0 Å². The molecule has 126 valence electrons. The van der Waals surface area contributed by atoms with E-state index in [1.54, 1.807) is 6.20 Å². The van der Waals surface area contributed by atoms with E-state index >= 15 is 0 Å². The molecule has 0 aliphatic heterocycles. The van der Waals surface area contributed by atoms with Crippen molar-refractivity contribution in [3.63, 3.8) is 0 Å². The molecular weight excluding hydrogens is 302 g/mol. The summed E-state index contributed by atoms with van der Waals surface area (Å²) in [4.78, 5) is 16.0. The largest absolute Gasteiger partial charge is 0.411 e. The average molecular weight is 325 g/mol. The lowest BCUT2D eigenvalue weighted by atomic mass is 10.1. The Bertz CT molecular complexity index is 642. The number of benzene rings is 1. The van der Waals surface area contributed by atoms with Crippen molar-refractivity contribution in [2.75, 3.05) is 5.32 Å². The summed E-state index contributed by atoms with van der Waals surface area (Å²) in [5, 5.41) is 15.3. The molecular formula is C19H23N3O2. The van der Waals surface area contributed by atoms with Crippen molar-refractivity contribution in [1.29, 1.82) is 0 Å². The molecule has 1 aromatic heterocycles. The minimum absolute atomic E-state index is 0.0484. The van der Waals surface area contributed by atoms with Crippen molar-refractivity contribution in [3.05, 3.63) is 60.4 Å². The number of para-hydroxylation sites is 1. The number of amides is 1.